The van der Waals surface area contributed by atoms with E-state index in [9.17, 15) is 17.6 Å². The van der Waals surface area contributed by atoms with Gasteiger partial charge in [-0.1, -0.05) is 40.9 Å². The van der Waals surface area contributed by atoms with Gasteiger partial charge in [0.05, 0.1) is 17.0 Å². The number of sulfonamides is 1. The fraction of sp³-hybridized carbons (Fsp3) is 0.278. The van der Waals surface area contributed by atoms with Gasteiger partial charge >= 0.3 is 0 Å². The summed E-state index contributed by atoms with van der Waals surface area (Å²) >= 11 is 19.3. The molecule has 2 aromatic rings. The summed E-state index contributed by atoms with van der Waals surface area (Å²) in [5.41, 5.74) is 0.532. The van der Waals surface area contributed by atoms with Crippen LogP contribution in [0.15, 0.2) is 36.4 Å². The van der Waals surface area contributed by atoms with Crippen LogP contribution in [0.3, 0.4) is 0 Å². The van der Waals surface area contributed by atoms with Crippen molar-refractivity contribution in [3.63, 3.8) is 0 Å². The zero-order valence-corrected chi connectivity index (χ0v) is 19.2. The Morgan fingerprint density at radius 3 is 2.55 bits per heavy atom. The highest BCUT2D eigenvalue weighted by Crippen LogP contribution is 2.30. The van der Waals surface area contributed by atoms with Gasteiger partial charge in [0.2, 0.25) is 15.9 Å². The average Bonchev–Trinajstić information content (AvgIpc) is 2.63. The molecule has 0 aliphatic rings. The summed E-state index contributed by atoms with van der Waals surface area (Å²) in [4.78, 5) is 12.2. The fourth-order valence-electron chi connectivity index (χ4n) is 2.35. The third kappa shape index (κ3) is 7.22. The van der Waals surface area contributed by atoms with Gasteiger partial charge in [0.15, 0.2) is 0 Å². The number of carbonyl (C=O) groups excluding carboxylic acids is 1. The van der Waals surface area contributed by atoms with Crippen LogP contribution in [-0.4, -0.2) is 39.4 Å². The molecule has 5 nitrogen and oxygen atoms in total. The summed E-state index contributed by atoms with van der Waals surface area (Å²) in [5.74, 6) is -0.0328. The molecule has 0 saturated carbocycles. The molecule has 29 heavy (non-hydrogen) atoms. The van der Waals surface area contributed by atoms with Gasteiger partial charge in [-0.05, 0) is 30.3 Å². The number of amides is 1. The second-order valence-electron chi connectivity index (χ2n) is 5.97. The Balaban J connectivity index is 1.90. The minimum atomic E-state index is -3.77. The molecular formula is C18H18Cl3FN2O3S2. The van der Waals surface area contributed by atoms with E-state index in [0.29, 0.717) is 27.1 Å². The molecule has 0 spiro atoms. The number of nitrogens with one attached hydrogen (secondary N) is 1. The molecule has 0 heterocycles. The molecule has 2 aromatic carbocycles. The Morgan fingerprint density at radius 2 is 1.90 bits per heavy atom. The third-order valence-electron chi connectivity index (χ3n) is 3.74. The van der Waals surface area contributed by atoms with E-state index in [0.717, 1.165) is 10.6 Å². The van der Waals surface area contributed by atoms with Crippen molar-refractivity contribution in [3.05, 3.63) is 62.8 Å². The minimum Gasteiger partial charge on any atom is -0.354 e. The molecule has 0 bridgehead atoms. The van der Waals surface area contributed by atoms with Crippen LogP contribution in [0.1, 0.15) is 5.56 Å². The van der Waals surface area contributed by atoms with Gasteiger partial charge in [-0.2, -0.15) is 11.8 Å². The van der Waals surface area contributed by atoms with E-state index >= 15 is 0 Å². The summed E-state index contributed by atoms with van der Waals surface area (Å²) < 4.78 is 38.8. The van der Waals surface area contributed by atoms with Crippen LogP contribution < -0.4 is 9.62 Å². The molecule has 0 aliphatic carbocycles. The maximum atomic E-state index is 13.7. The lowest BCUT2D eigenvalue weighted by molar-refractivity contribution is -0.119. The first-order valence-electron chi connectivity index (χ1n) is 8.29. The standard InChI is InChI=1S/C18H18Cl3FN2O3S2/c1-29(26,27)24(17-9-12(19)5-6-15(17)21)10-18(25)23-7-8-28-11-13-14(20)3-2-4-16(13)22/h2-6,9H,7-8,10-11H2,1H3,(H,23,25). The number of anilines is 1. The zero-order valence-electron chi connectivity index (χ0n) is 15.3. The van der Waals surface area contributed by atoms with Crippen LogP contribution in [0.2, 0.25) is 15.1 Å². The van der Waals surface area contributed by atoms with E-state index in [-0.39, 0.29) is 23.1 Å². The molecule has 0 aromatic heterocycles. The van der Waals surface area contributed by atoms with Crippen LogP contribution >= 0.6 is 46.6 Å². The number of thioether (sulfide) groups is 1. The van der Waals surface area contributed by atoms with Crippen LogP contribution in [0.5, 0.6) is 0 Å². The molecule has 0 saturated heterocycles. The Kier molecular flexibility index (Phi) is 8.91. The van der Waals surface area contributed by atoms with Crippen LogP contribution in [0.25, 0.3) is 0 Å². The summed E-state index contributed by atoms with van der Waals surface area (Å²) in [6.45, 7) is -0.168. The SMILES string of the molecule is CS(=O)(=O)N(CC(=O)NCCSCc1c(F)cccc1Cl)c1cc(Cl)ccc1Cl. The second-order valence-corrected chi connectivity index (χ2v) is 10.2. The van der Waals surface area contributed by atoms with Crippen molar-refractivity contribution < 1.29 is 17.6 Å². The van der Waals surface area contributed by atoms with E-state index < -0.39 is 22.5 Å². The first-order chi connectivity index (χ1) is 13.6. The highest BCUT2D eigenvalue weighted by Gasteiger charge is 2.23. The maximum absolute atomic E-state index is 13.7. The molecule has 1 N–H and O–H groups in total. The Labute approximate surface area is 188 Å². The molecule has 0 unspecified atom stereocenters. The van der Waals surface area contributed by atoms with Crippen molar-refractivity contribution in [1.29, 1.82) is 0 Å². The number of halogens is 4. The van der Waals surface area contributed by atoms with Crippen LogP contribution in [-0.2, 0) is 20.6 Å². The van der Waals surface area contributed by atoms with Crippen molar-refractivity contribution in [3.8, 4) is 0 Å². The minimum absolute atomic E-state index is 0.125. The smallest absolute Gasteiger partial charge is 0.240 e. The molecular weight excluding hydrogens is 482 g/mol. The predicted octanol–water partition coefficient (Wildman–Crippen LogP) is 4.60. The van der Waals surface area contributed by atoms with Gasteiger partial charge < -0.3 is 5.32 Å². The number of nitrogens with zero attached hydrogens (tertiary/aromatic N) is 1. The monoisotopic (exact) mass is 498 g/mol. The summed E-state index contributed by atoms with van der Waals surface area (Å²) in [6, 6.07) is 8.85. The molecule has 11 heteroatoms. The van der Waals surface area contributed by atoms with E-state index in [1.807, 2.05) is 0 Å². The first kappa shape index (κ1) is 24.1. The Morgan fingerprint density at radius 1 is 1.17 bits per heavy atom. The van der Waals surface area contributed by atoms with Crippen molar-refractivity contribution in [2.75, 3.05) is 29.4 Å². The molecule has 158 valence electrons. The number of hydrogen-bond acceptors (Lipinski definition) is 4. The lowest BCUT2D eigenvalue weighted by Crippen LogP contribution is -2.41. The average molecular weight is 500 g/mol. The molecule has 2 rings (SSSR count). The van der Waals surface area contributed by atoms with E-state index in [4.69, 9.17) is 34.8 Å². The summed E-state index contributed by atoms with van der Waals surface area (Å²) in [6.07, 6.45) is 0.978. The fourth-order valence-corrected chi connectivity index (χ4v) is 4.84. The Hall–Kier alpha value is -1.19. The lowest BCUT2D eigenvalue weighted by atomic mass is 10.2. The number of rotatable bonds is 9. The van der Waals surface area contributed by atoms with Gasteiger partial charge in [0.25, 0.3) is 0 Å². The molecule has 0 radical (unpaired) electrons. The van der Waals surface area contributed by atoms with Crippen molar-refractivity contribution in [1.82, 2.24) is 5.32 Å². The van der Waals surface area contributed by atoms with Gasteiger partial charge in [-0.25, -0.2) is 12.8 Å². The van der Waals surface area contributed by atoms with Crippen molar-refractivity contribution in [2.24, 2.45) is 0 Å². The van der Waals surface area contributed by atoms with Gasteiger partial charge in [0, 0.05) is 33.7 Å². The Bertz CT molecular complexity index is 970. The summed E-state index contributed by atoms with van der Waals surface area (Å²) in [5, 5.41) is 3.44. The molecule has 0 aliphatic heterocycles. The summed E-state index contributed by atoms with van der Waals surface area (Å²) in [7, 11) is -3.77. The number of carbonyl (C=O) groups is 1. The number of hydrogen-bond donors (Lipinski definition) is 1. The van der Waals surface area contributed by atoms with Gasteiger partial charge in [-0.15, -0.1) is 0 Å². The maximum Gasteiger partial charge on any atom is 0.240 e. The van der Waals surface area contributed by atoms with Crippen LogP contribution in [0.4, 0.5) is 10.1 Å². The van der Waals surface area contributed by atoms with Crippen LogP contribution in [0, 0.1) is 5.82 Å². The van der Waals surface area contributed by atoms with Crippen molar-refractivity contribution >= 4 is 68.2 Å². The van der Waals surface area contributed by atoms with Crippen molar-refractivity contribution in [2.45, 2.75) is 5.75 Å². The van der Waals surface area contributed by atoms with E-state index in [2.05, 4.69) is 5.32 Å². The lowest BCUT2D eigenvalue weighted by Gasteiger charge is -2.23. The van der Waals surface area contributed by atoms with E-state index in [1.165, 1.54) is 42.1 Å². The topological polar surface area (TPSA) is 66.5 Å². The molecule has 0 fully saturated rings. The zero-order chi connectivity index (χ0) is 21.6. The predicted molar refractivity (Wildman–Crippen MR) is 119 cm³/mol. The molecule has 1 amide bonds. The van der Waals surface area contributed by atoms with E-state index in [1.54, 1.807) is 6.07 Å². The second kappa shape index (κ2) is 10.7. The number of benzene rings is 2. The highest BCUT2D eigenvalue weighted by molar-refractivity contribution is 7.98. The third-order valence-corrected chi connectivity index (χ3v) is 6.76. The first-order valence-corrected chi connectivity index (χ1v) is 12.4. The molecule has 0 atom stereocenters. The highest BCUT2D eigenvalue weighted by atomic mass is 35.5. The largest absolute Gasteiger partial charge is 0.354 e. The quantitative estimate of drug-likeness (QED) is 0.512. The normalized spacial score (nSPS) is 11.3. The van der Waals surface area contributed by atoms with Gasteiger partial charge in [0.1, 0.15) is 12.4 Å². The van der Waals surface area contributed by atoms with Gasteiger partial charge in [-0.3, -0.25) is 9.10 Å².